The number of carbonyl (C=O) groups is 1. The van der Waals surface area contributed by atoms with Crippen molar-refractivity contribution in [2.24, 2.45) is 11.8 Å². The molecule has 2 fully saturated rings. The highest BCUT2D eigenvalue weighted by molar-refractivity contribution is 5.69. The second-order valence-electron chi connectivity index (χ2n) is 6.68. The molecule has 1 saturated carbocycles. The molecule has 0 spiro atoms. The van der Waals surface area contributed by atoms with Gasteiger partial charge in [-0.05, 0) is 24.7 Å². The summed E-state index contributed by atoms with van der Waals surface area (Å²) in [5, 5.41) is 9.02. The molecule has 0 aromatic rings. The fourth-order valence-corrected chi connectivity index (χ4v) is 2.92. The van der Waals surface area contributed by atoms with Gasteiger partial charge < -0.3 is 9.84 Å². The van der Waals surface area contributed by atoms with Crippen LogP contribution in [0, 0.1) is 11.8 Å². The average molecular weight is 284 g/mol. The van der Waals surface area contributed by atoms with E-state index in [1.165, 1.54) is 12.8 Å². The topological polar surface area (TPSA) is 53.0 Å². The van der Waals surface area contributed by atoms with Gasteiger partial charge in [0.25, 0.3) is 0 Å². The van der Waals surface area contributed by atoms with Crippen molar-refractivity contribution in [3.63, 3.8) is 0 Å². The lowest BCUT2D eigenvalue weighted by Crippen LogP contribution is -2.49. The Morgan fingerprint density at radius 1 is 1.40 bits per heavy atom. The van der Waals surface area contributed by atoms with Crippen molar-refractivity contribution in [2.75, 3.05) is 45.9 Å². The zero-order chi connectivity index (χ0) is 14.5. The van der Waals surface area contributed by atoms with Crippen LogP contribution in [-0.4, -0.2) is 72.9 Å². The summed E-state index contributed by atoms with van der Waals surface area (Å²) in [5.74, 6) is 0.639. The van der Waals surface area contributed by atoms with E-state index in [4.69, 9.17) is 9.84 Å². The highest BCUT2D eigenvalue weighted by Gasteiger charge is 2.28. The summed E-state index contributed by atoms with van der Waals surface area (Å²) in [6, 6.07) is 0. The summed E-state index contributed by atoms with van der Waals surface area (Å²) < 4.78 is 5.83. The van der Waals surface area contributed by atoms with Gasteiger partial charge in [0.15, 0.2) is 0 Å². The molecule has 0 aromatic carbocycles. The van der Waals surface area contributed by atoms with Crippen LogP contribution < -0.4 is 0 Å². The Labute approximate surface area is 121 Å². The van der Waals surface area contributed by atoms with Crippen molar-refractivity contribution >= 4 is 5.97 Å². The van der Waals surface area contributed by atoms with Crippen LogP contribution in [0.15, 0.2) is 0 Å². The molecule has 0 amide bonds. The Morgan fingerprint density at radius 2 is 2.15 bits per heavy atom. The second kappa shape index (κ2) is 7.38. The number of carboxylic acids is 1. The van der Waals surface area contributed by atoms with Crippen LogP contribution in [0.2, 0.25) is 0 Å². The molecule has 116 valence electrons. The van der Waals surface area contributed by atoms with E-state index >= 15 is 0 Å². The molecule has 2 aliphatic rings. The number of carboxylic acid groups (broad SMARTS) is 1. The lowest BCUT2D eigenvalue weighted by molar-refractivity contribution is -0.139. The van der Waals surface area contributed by atoms with Crippen LogP contribution in [-0.2, 0) is 9.53 Å². The Bertz CT molecular complexity index is 318. The van der Waals surface area contributed by atoms with Gasteiger partial charge in [0.1, 0.15) is 0 Å². The minimum absolute atomic E-state index is 0.139. The summed E-state index contributed by atoms with van der Waals surface area (Å²) in [6.07, 6.45) is 2.66. The number of morpholine rings is 1. The minimum Gasteiger partial charge on any atom is -0.480 e. The summed E-state index contributed by atoms with van der Waals surface area (Å²) in [4.78, 5) is 15.5. The Morgan fingerprint density at radius 3 is 2.75 bits per heavy atom. The van der Waals surface area contributed by atoms with Gasteiger partial charge in [-0.25, -0.2) is 0 Å². The van der Waals surface area contributed by atoms with Crippen molar-refractivity contribution in [1.82, 2.24) is 9.80 Å². The predicted octanol–water partition coefficient (Wildman–Crippen LogP) is 1.14. The Kier molecular flexibility index (Phi) is 5.81. The molecule has 1 aliphatic carbocycles. The highest BCUT2D eigenvalue weighted by Crippen LogP contribution is 2.29. The summed E-state index contributed by atoms with van der Waals surface area (Å²) >= 11 is 0. The van der Waals surface area contributed by atoms with E-state index in [0.29, 0.717) is 11.8 Å². The van der Waals surface area contributed by atoms with E-state index in [9.17, 15) is 4.79 Å². The standard InChI is InChI=1S/C15H28N2O3/c1-12(2)7-16-5-6-20-14(9-16)10-17(11-15(18)19)8-13-3-4-13/h12-14H,3-11H2,1-2H3,(H,18,19). The molecule has 0 radical (unpaired) electrons. The lowest BCUT2D eigenvalue weighted by atomic mass is 10.1. The van der Waals surface area contributed by atoms with Gasteiger partial charge in [-0.2, -0.15) is 0 Å². The van der Waals surface area contributed by atoms with Crippen molar-refractivity contribution in [3.8, 4) is 0 Å². The maximum absolute atomic E-state index is 11.0. The highest BCUT2D eigenvalue weighted by atomic mass is 16.5. The first-order valence-electron chi connectivity index (χ1n) is 7.81. The van der Waals surface area contributed by atoms with Gasteiger partial charge >= 0.3 is 5.97 Å². The van der Waals surface area contributed by atoms with Crippen LogP contribution in [0.3, 0.4) is 0 Å². The van der Waals surface area contributed by atoms with Crippen LogP contribution >= 0.6 is 0 Å². The number of rotatable bonds is 8. The van der Waals surface area contributed by atoms with Crippen LogP contribution in [0.1, 0.15) is 26.7 Å². The number of ether oxygens (including phenoxy) is 1. The molecule has 1 heterocycles. The van der Waals surface area contributed by atoms with E-state index in [2.05, 4.69) is 23.6 Å². The number of aliphatic carboxylic acids is 1. The third kappa shape index (κ3) is 5.77. The molecular weight excluding hydrogens is 256 g/mol. The van der Waals surface area contributed by atoms with Crippen molar-refractivity contribution in [2.45, 2.75) is 32.8 Å². The van der Waals surface area contributed by atoms with Gasteiger partial charge in [-0.15, -0.1) is 0 Å². The van der Waals surface area contributed by atoms with E-state index in [0.717, 1.165) is 39.3 Å². The first-order chi connectivity index (χ1) is 9.52. The van der Waals surface area contributed by atoms with Gasteiger partial charge in [0.2, 0.25) is 0 Å². The molecule has 20 heavy (non-hydrogen) atoms. The number of nitrogens with zero attached hydrogens (tertiary/aromatic N) is 2. The lowest BCUT2D eigenvalue weighted by Gasteiger charge is -2.36. The molecule has 1 saturated heterocycles. The quantitative estimate of drug-likeness (QED) is 0.724. The number of hydrogen-bond acceptors (Lipinski definition) is 4. The fourth-order valence-electron chi connectivity index (χ4n) is 2.92. The second-order valence-corrected chi connectivity index (χ2v) is 6.68. The molecule has 1 atom stereocenters. The van der Waals surface area contributed by atoms with E-state index in [1.807, 2.05) is 0 Å². The van der Waals surface area contributed by atoms with Crippen LogP contribution in [0.25, 0.3) is 0 Å². The molecule has 5 nitrogen and oxygen atoms in total. The van der Waals surface area contributed by atoms with Gasteiger partial charge in [0.05, 0.1) is 19.3 Å². The maximum atomic E-state index is 11.0. The monoisotopic (exact) mass is 284 g/mol. The third-order valence-electron chi connectivity index (χ3n) is 3.88. The van der Waals surface area contributed by atoms with E-state index in [1.54, 1.807) is 0 Å². The van der Waals surface area contributed by atoms with Crippen LogP contribution in [0.5, 0.6) is 0 Å². The first-order valence-corrected chi connectivity index (χ1v) is 7.81. The molecule has 0 bridgehead atoms. The zero-order valence-electron chi connectivity index (χ0n) is 12.8. The molecule has 0 aromatic heterocycles. The smallest absolute Gasteiger partial charge is 0.317 e. The van der Waals surface area contributed by atoms with E-state index in [-0.39, 0.29) is 12.6 Å². The Hall–Kier alpha value is -0.650. The fraction of sp³-hybridized carbons (Fsp3) is 0.933. The maximum Gasteiger partial charge on any atom is 0.317 e. The SMILES string of the molecule is CC(C)CN1CCOC(CN(CC(=O)O)CC2CC2)C1. The third-order valence-corrected chi connectivity index (χ3v) is 3.88. The van der Waals surface area contributed by atoms with Crippen molar-refractivity contribution < 1.29 is 14.6 Å². The molecule has 1 N–H and O–H groups in total. The average Bonchev–Trinajstić information content (AvgIpc) is 3.11. The normalized spacial score (nSPS) is 24.5. The summed E-state index contributed by atoms with van der Waals surface area (Å²) in [7, 11) is 0. The summed E-state index contributed by atoms with van der Waals surface area (Å²) in [6.45, 7) is 10.1. The predicted molar refractivity (Wildman–Crippen MR) is 77.8 cm³/mol. The van der Waals surface area contributed by atoms with E-state index < -0.39 is 5.97 Å². The summed E-state index contributed by atoms with van der Waals surface area (Å²) in [5.41, 5.74) is 0. The molecule has 5 heteroatoms. The van der Waals surface area contributed by atoms with Gasteiger partial charge in [0, 0.05) is 32.7 Å². The van der Waals surface area contributed by atoms with Crippen molar-refractivity contribution in [3.05, 3.63) is 0 Å². The van der Waals surface area contributed by atoms with Gasteiger partial charge in [-0.3, -0.25) is 14.6 Å². The zero-order valence-corrected chi connectivity index (χ0v) is 12.8. The largest absolute Gasteiger partial charge is 0.480 e. The molecule has 1 aliphatic heterocycles. The Balaban J connectivity index is 1.79. The first kappa shape index (κ1) is 15.7. The van der Waals surface area contributed by atoms with Crippen molar-refractivity contribution in [1.29, 1.82) is 0 Å². The molecular formula is C15H28N2O3. The molecule has 1 unspecified atom stereocenters. The molecule has 2 rings (SSSR count). The number of hydrogen-bond donors (Lipinski definition) is 1. The van der Waals surface area contributed by atoms with Crippen LogP contribution in [0.4, 0.5) is 0 Å². The van der Waals surface area contributed by atoms with Gasteiger partial charge in [-0.1, -0.05) is 13.8 Å². The minimum atomic E-state index is -0.736.